The normalized spacial score (nSPS) is 17.5. The van der Waals surface area contributed by atoms with Crippen LogP contribution in [0.2, 0.25) is 0 Å². The maximum Gasteiger partial charge on any atom is 0.251 e. The Labute approximate surface area is 122 Å². The van der Waals surface area contributed by atoms with E-state index in [0.717, 1.165) is 29.5 Å². The molecule has 1 saturated heterocycles. The standard InChI is InChI=1S/C16H18F2N2O/c17-16(18)11-20-8-5-13(6-9-20)21-14-3-4-15-12(10-14)2-1-7-19-15/h1-4,7,10,13,16H,5-6,8-9,11H2. The number of alkyl halides is 2. The van der Waals surface area contributed by atoms with Crippen LogP contribution in [0, 0.1) is 0 Å². The average Bonchev–Trinajstić information content (AvgIpc) is 2.49. The van der Waals surface area contributed by atoms with Crippen LogP contribution in [0.5, 0.6) is 5.75 Å². The van der Waals surface area contributed by atoms with E-state index in [1.54, 1.807) is 11.1 Å². The Kier molecular flexibility index (Phi) is 4.29. The summed E-state index contributed by atoms with van der Waals surface area (Å²) in [6.45, 7) is 1.21. The average molecular weight is 292 g/mol. The summed E-state index contributed by atoms with van der Waals surface area (Å²) >= 11 is 0. The molecule has 21 heavy (non-hydrogen) atoms. The topological polar surface area (TPSA) is 25.4 Å². The summed E-state index contributed by atoms with van der Waals surface area (Å²) in [4.78, 5) is 6.07. The predicted molar refractivity (Wildman–Crippen MR) is 77.8 cm³/mol. The number of aromatic nitrogens is 1. The van der Waals surface area contributed by atoms with Gasteiger partial charge in [-0.05, 0) is 37.1 Å². The molecule has 1 fully saturated rings. The minimum atomic E-state index is -2.25. The summed E-state index contributed by atoms with van der Waals surface area (Å²) in [6.07, 6.45) is 1.19. The van der Waals surface area contributed by atoms with Crippen LogP contribution in [0.25, 0.3) is 10.9 Å². The first-order valence-electron chi connectivity index (χ1n) is 7.22. The molecule has 0 bridgehead atoms. The Morgan fingerprint density at radius 2 is 2.05 bits per heavy atom. The first-order chi connectivity index (χ1) is 10.2. The molecular weight excluding hydrogens is 274 g/mol. The van der Waals surface area contributed by atoms with Crippen LogP contribution in [0.15, 0.2) is 36.5 Å². The van der Waals surface area contributed by atoms with Crippen molar-refractivity contribution in [3.05, 3.63) is 36.5 Å². The molecule has 2 heterocycles. The summed E-state index contributed by atoms with van der Waals surface area (Å²) in [5, 5.41) is 1.05. The molecule has 1 aromatic heterocycles. The number of piperidine rings is 1. The number of benzene rings is 1. The van der Waals surface area contributed by atoms with Crippen molar-refractivity contribution in [1.82, 2.24) is 9.88 Å². The van der Waals surface area contributed by atoms with Gasteiger partial charge in [0.1, 0.15) is 11.9 Å². The smallest absolute Gasteiger partial charge is 0.251 e. The molecule has 1 aliphatic heterocycles. The van der Waals surface area contributed by atoms with Crippen molar-refractivity contribution in [2.75, 3.05) is 19.6 Å². The lowest BCUT2D eigenvalue weighted by Crippen LogP contribution is -2.40. The van der Waals surface area contributed by atoms with Gasteiger partial charge in [-0.1, -0.05) is 6.07 Å². The van der Waals surface area contributed by atoms with Crippen molar-refractivity contribution in [3.8, 4) is 5.75 Å². The van der Waals surface area contributed by atoms with E-state index in [-0.39, 0.29) is 12.6 Å². The fraction of sp³-hybridized carbons (Fsp3) is 0.438. The van der Waals surface area contributed by atoms with Gasteiger partial charge in [0.25, 0.3) is 6.43 Å². The van der Waals surface area contributed by atoms with E-state index in [2.05, 4.69) is 4.98 Å². The van der Waals surface area contributed by atoms with E-state index in [1.165, 1.54) is 0 Å². The van der Waals surface area contributed by atoms with E-state index >= 15 is 0 Å². The number of hydrogen-bond acceptors (Lipinski definition) is 3. The van der Waals surface area contributed by atoms with Crippen LogP contribution in [0.4, 0.5) is 8.78 Å². The number of halogens is 2. The zero-order valence-electron chi connectivity index (χ0n) is 11.7. The van der Waals surface area contributed by atoms with E-state index < -0.39 is 6.43 Å². The summed E-state index contributed by atoms with van der Waals surface area (Å²) in [7, 11) is 0. The third-order valence-electron chi connectivity index (χ3n) is 3.81. The van der Waals surface area contributed by atoms with Gasteiger partial charge >= 0.3 is 0 Å². The molecular formula is C16H18F2N2O. The van der Waals surface area contributed by atoms with Crippen molar-refractivity contribution in [3.63, 3.8) is 0 Å². The summed E-state index contributed by atoms with van der Waals surface area (Å²) < 4.78 is 30.6. The van der Waals surface area contributed by atoms with E-state index in [4.69, 9.17) is 4.74 Å². The highest BCUT2D eigenvalue weighted by Crippen LogP contribution is 2.23. The number of ether oxygens (including phenoxy) is 1. The van der Waals surface area contributed by atoms with Gasteiger partial charge in [-0.15, -0.1) is 0 Å². The second-order valence-electron chi connectivity index (χ2n) is 5.37. The lowest BCUT2D eigenvalue weighted by atomic mass is 10.1. The summed E-state index contributed by atoms with van der Waals surface area (Å²) in [6, 6.07) is 9.74. The van der Waals surface area contributed by atoms with Crippen molar-refractivity contribution >= 4 is 10.9 Å². The first-order valence-corrected chi connectivity index (χ1v) is 7.22. The number of hydrogen-bond donors (Lipinski definition) is 0. The second kappa shape index (κ2) is 6.35. The number of fused-ring (bicyclic) bond motifs is 1. The van der Waals surface area contributed by atoms with Crippen molar-refractivity contribution in [1.29, 1.82) is 0 Å². The Balaban J connectivity index is 1.59. The van der Waals surface area contributed by atoms with Crippen molar-refractivity contribution in [2.45, 2.75) is 25.4 Å². The minimum absolute atomic E-state index is 0.105. The number of nitrogens with zero attached hydrogens (tertiary/aromatic N) is 2. The van der Waals surface area contributed by atoms with Gasteiger partial charge in [-0.3, -0.25) is 9.88 Å². The van der Waals surface area contributed by atoms with E-state index in [1.807, 2.05) is 30.3 Å². The highest BCUT2D eigenvalue weighted by molar-refractivity contribution is 5.79. The number of pyridine rings is 1. The lowest BCUT2D eigenvalue weighted by molar-refractivity contribution is 0.0479. The Hall–Kier alpha value is -1.75. The van der Waals surface area contributed by atoms with Gasteiger partial charge in [0, 0.05) is 24.7 Å². The maximum atomic E-state index is 12.3. The zero-order chi connectivity index (χ0) is 14.7. The maximum absolute atomic E-state index is 12.3. The van der Waals surface area contributed by atoms with E-state index in [9.17, 15) is 8.78 Å². The Morgan fingerprint density at radius 3 is 2.81 bits per heavy atom. The van der Waals surface area contributed by atoms with Crippen LogP contribution >= 0.6 is 0 Å². The van der Waals surface area contributed by atoms with E-state index in [0.29, 0.717) is 13.1 Å². The highest BCUT2D eigenvalue weighted by atomic mass is 19.3. The molecule has 0 aliphatic carbocycles. The van der Waals surface area contributed by atoms with Gasteiger partial charge in [0.15, 0.2) is 0 Å². The molecule has 0 amide bonds. The quantitative estimate of drug-likeness (QED) is 0.864. The fourth-order valence-corrected chi connectivity index (χ4v) is 2.72. The fourth-order valence-electron chi connectivity index (χ4n) is 2.72. The molecule has 0 saturated carbocycles. The summed E-state index contributed by atoms with van der Waals surface area (Å²) in [5.74, 6) is 0.822. The molecule has 0 unspecified atom stereocenters. The molecule has 0 radical (unpaired) electrons. The third kappa shape index (κ3) is 3.67. The van der Waals surface area contributed by atoms with Gasteiger partial charge in [0.05, 0.1) is 12.1 Å². The van der Waals surface area contributed by atoms with Gasteiger partial charge in [-0.2, -0.15) is 0 Å². The monoisotopic (exact) mass is 292 g/mol. The number of rotatable bonds is 4. The van der Waals surface area contributed by atoms with Crippen LogP contribution in [-0.2, 0) is 0 Å². The van der Waals surface area contributed by atoms with Crippen LogP contribution < -0.4 is 4.74 Å². The lowest BCUT2D eigenvalue weighted by Gasteiger charge is -2.31. The molecule has 1 aliphatic rings. The molecule has 0 spiro atoms. The van der Waals surface area contributed by atoms with Crippen LogP contribution in [0.1, 0.15) is 12.8 Å². The Morgan fingerprint density at radius 1 is 1.24 bits per heavy atom. The molecule has 3 rings (SSSR count). The van der Waals surface area contributed by atoms with Crippen LogP contribution in [0.3, 0.4) is 0 Å². The predicted octanol–water partition coefficient (Wildman–Crippen LogP) is 3.34. The van der Waals surface area contributed by atoms with Gasteiger partial charge in [-0.25, -0.2) is 8.78 Å². The molecule has 5 heteroatoms. The highest BCUT2D eigenvalue weighted by Gasteiger charge is 2.22. The van der Waals surface area contributed by atoms with Crippen molar-refractivity contribution < 1.29 is 13.5 Å². The molecule has 112 valence electrons. The molecule has 3 nitrogen and oxygen atoms in total. The second-order valence-corrected chi connectivity index (χ2v) is 5.37. The van der Waals surface area contributed by atoms with Gasteiger partial charge < -0.3 is 4.74 Å². The van der Waals surface area contributed by atoms with Crippen LogP contribution in [-0.4, -0.2) is 42.0 Å². The summed E-state index contributed by atoms with van der Waals surface area (Å²) in [5.41, 5.74) is 0.941. The third-order valence-corrected chi connectivity index (χ3v) is 3.81. The minimum Gasteiger partial charge on any atom is -0.490 e. The molecule has 0 N–H and O–H groups in total. The largest absolute Gasteiger partial charge is 0.490 e. The SMILES string of the molecule is FC(F)CN1CCC(Oc2ccc3ncccc3c2)CC1. The Bertz CT molecular complexity index is 598. The zero-order valence-corrected chi connectivity index (χ0v) is 11.7. The molecule has 1 aromatic carbocycles. The van der Waals surface area contributed by atoms with Crippen molar-refractivity contribution in [2.24, 2.45) is 0 Å². The van der Waals surface area contributed by atoms with Gasteiger partial charge in [0.2, 0.25) is 0 Å². The molecule has 2 aromatic rings. The molecule has 0 atom stereocenters. The number of likely N-dealkylation sites (tertiary alicyclic amines) is 1. The first kappa shape index (κ1) is 14.2.